The molecule has 0 bridgehead atoms. The summed E-state index contributed by atoms with van der Waals surface area (Å²) in [6, 6.07) is 13.7. The van der Waals surface area contributed by atoms with Crippen molar-refractivity contribution in [2.24, 2.45) is 5.73 Å². The maximum absolute atomic E-state index is 12.1. The second-order valence-electron chi connectivity index (χ2n) is 5.86. The highest BCUT2D eigenvalue weighted by Crippen LogP contribution is 2.32. The summed E-state index contributed by atoms with van der Waals surface area (Å²) >= 11 is 0. The van der Waals surface area contributed by atoms with Crippen molar-refractivity contribution < 1.29 is 23.8 Å². The molecular formula is C19H20N2O5. The molecule has 1 amide bonds. The van der Waals surface area contributed by atoms with Crippen LogP contribution in [-0.4, -0.2) is 24.7 Å². The Hall–Kier alpha value is -3.06. The second kappa shape index (κ2) is 8.35. The molecule has 0 aliphatic carbocycles. The Balaban J connectivity index is 1.42. The molecular weight excluding hydrogens is 336 g/mol. The molecule has 0 saturated heterocycles. The van der Waals surface area contributed by atoms with Gasteiger partial charge < -0.3 is 25.3 Å². The van der Waals surface area contributed by atoms with E-state index < -0.39 is 17.9 Å². The van der Waals surface area contributed by atoms with E-state index in [-0.39, 0.29) is 26.4 Å². The van der Waals surface area contributed by atoms with Crippen LogP contribution in [0.4, 0.5) is 0 Å². The fraction of sp³-hybridized carbons (Fsp3) is 0.263. The standard InChI is InChI=1S/C19H20N2O5/c20-15(9-18(22)24-11-13-4-2-1-3-5-13)19(23)21-10-14-6-7-16-17(8-14)26-12-25-16/h1-8,15H,9-12,20H2,(H,21,23). The Morgan fingerprint density at radius 1 is 1.08 bits per heavy atom. The molecule has 3 rings (SSSR count). The number of hydrogen-bond acceptors (Lipinski definition) is 6. The number of fused-ring (bicyclic) bond motifs is 1. The number of nitrogens with two attached hydrogens (primary N) is 1. The SMILES string of the molecule is NC(CC(=O)OCc1ccccc1)C(=O)NCc1ccc2c(c1)OCO2. The summed E-state index contributed by atoms with van der Waals surface area (Å²) in [5, 5.41) is 2.70. The number of nitrogens with one attached hydrogen (secondary N) is 1. The lowest BCUT2D eigenvalue weighted by Crippen LogP contribution is -2.41. The first kappa shape index (κ1) is 17.8. The van der Waals surface area contributed by atoms with Crippen molar-refractivity contribution in [2.45, 2.75) is 25.6 Å². The summed E-state index contributed by atoms with van der Waals surface area (Å²) in [6.45, 7) is 0.633. The van der Waals surface area contributed by atoms with Crippen LogP contribution in [0.25, 0.3) is 0 Å². The number of hydrogen-bond donors (Lipinski definition) is 2. The summed E-state index contributed by atoms with van der Waals surface area (Å²) < 4.78 is 15.7. The lowest BCUT2D eigenvalue weighted by atomic mass is 10.1. The third-order valence-electron chi connectivity index (χ3n) is 3.87. The zero-order valence-corrected chi connectivity index (χ0v) is 14.1. The summed E-state index contributed by atoms with van der Waals surface area (Å²) in [6.07, 6.45) is -0.181. The molecule has 1 atom stereocenters. The number of esters is 1. The van der Waals surface area contributed by atoms with Gasteiger partial charge in [0.1, 0.15) is 6.61 Å². The Morgan fingerprint density at radius 3 is 2.65 bits per heavy atom. The van der Waals surface area contributed by atoms with E-state index in [4.69, 9.17) is 19.9 Å². The molecule has 1 aliphatic rings. The van der Waals surface area contributed by atoms with Gasteiger partial charge in [-0.05, 0) is 23.3 Å². The van der Waals surface area contributed by atoms with Crippen molar-refractivity contribution in [1.82, 2.24) is 5.32 Å². The maximum atomic E-state index is 12.1. The summed E-state index contributed by atoms with van der Waals surface area (Å²) in [4.78, 5) is 23.9. The van der Waals surface area contributed by atoms with Gasteiger partial charge in [0.2, 0.25) is 12.7 Å². The molecule has 26 heavy (non-hydrogen) atoms. The van der Waals surface area contributed by atoms with Gasteiger partial charge in [-0.15, -0.1) is 0 Å². The topological polar surface area (TPSA) is 99.9 Å². The molecule has 136 valence electrons. The van der Waals surface area contributed by atoms with Crippen LogP contribution in [0.1, 0.15) is 17.5 Å². The van der Waals surface area contributed by atoms with Gasteiger partial charge in [-0.25, -0.2) is 0 Å². The summed E-state index contributed by atoms with van der Waals surface area (Å²) in [5.41, 5.74) is 7.51. The van der Waals surface area contributed by atoms with Crippen LogP contribution >= 0.6 is 0 Å². The van der Waals surface area contributed by atoms with E-state index in [0.717, 1.165) is 11.1 Å². The van der Waals surface area contributed by atoms with Crippen molar-refractivity contribution in [1.29, 1.82) is 0 Å². The highest BCUT2D eigenvalue weighted by atomic mass is 16.7. The molecule has 2 aromatic carbocycles. The van der Waals surface area contributed by atoms with Crippen LogP contribution < -0.4 is 20.5 Å². The van der Waals surface area contributed by atoms with Crippen molar-refractivity contribution >= 4 is 11.9 Å². The molecule has 2 aromatic rings. The number of amides is 1. The fourth-order valence-electron chi connectivity index (χ4n) is 2.44. The van der Waals surface area contributed by atoms with Crippen molar-refractivity contribution in [3.8, 4) is 11.5 Å². The first-order valence-electron chi connectivity index (χ1n) is 8.23. The van der Waals surface area contributed by atoms with Crippen molar-refractivity contribution in [3.05, 3.63) is 59.7 Å². The Bertz CT molecular complexity index is 779. The number of carbonyl (C=O) groups excluding carboxylic acids is 2. The van der Waals surface area contributed by atoms with Gasteiger partial charge in [0.05, 0.1) is 12.5 Å². The Morgan fingerprint density at radius 2 is 1.85 bits per heavy atom. The molecule has 0 aromatic heterocycles. The summed E-state index contributed by atoms with van der Waals surface area (Å²) in [5.74, 6) is 0.391. The van der Waals surface area contributed by atoms with E-state index in [2.05, 4.69) is 5.32 Å². The Labute approximate surface area is 151 Å². The highest BCUT2D eigenvalue weighted by molar-refractivity contribution is 5.86. The highest BCUT2D eigenvalue weighted by Gasteiger charge is 2.19. The van der Waals surface area contributed by atoms with Crippen LogP contribution in [0.2, 0.25) is 0 Å². The molecule has 0 fully saturated rings. The fourth-order valence-corrected chi connectivity index (χ4v) is 2.44. The molecule has 0 spiro atoms. The normalized spacial score (nSPS) is 13.1. The van der Waals surface area contributed by atoms with E-state index in [1.807, 2.05) is 36.4 Å². The minimum absolute atomic E-state index is 0.158. The lowest BCUT2D eigenvalue weighted by molar-refractivity contribution is -0.146. The van der Waals surface area contributed by atoms with Gasteiger partial charge >= 0.3 is 5.97 Å². The molecule has 7 heteroatoms. The second-order valence-corrected chi connectivity index (χ2v) is 5.86. The third-order valence-corrected chi connectivity index (χ3v) is 3.87. The van der Waals surface area contributed by atoms with Gasteiger partial charge in [-0.2, -0.15) is 0 Å². The van der Waals surface area contributed by atoms with Gasteiger partial charge in [0, 0.05) is 6.54 Å². The van der Waals surface area contributed by atoms with Crippen LogP contribution in [0.3, 0.4) is 0 Å². The first-order valence-corrected chi connectivity index (χ1v) is 8.23. The van der Waals surface area contributed by atoms with Crippen LogP contribution in [0.5, 0.6) is 11.5 Å². The molecule has 0 saturated carbocycles. The van der Waals surface area contributed by atoms with Gasteiger partial charge in [-0.3, -0.25) is 9.59 Å². The van der Waals surface area contributed by atoms with Crippen LogP contribution in [0, 0.1) is 0 Å². The van der Waals surface area contributed by atoms with E-state index in [1.165, 1.54) is 0 Å². The average molecular weight is 356 g/mol. The average Bonchev–Trinajstić information content (AvgIpc) is 3.13. The monoisotopic (exact) mass is 356 g/mol. The van der Waals surface area contributed by atoms with Crippen molar-refractivity contribution in [2.75, 3.05) is 6.79 Å². The number of rotatable bonds is 7. The summed E-state index contributed by atoms with van der Waals surface area (Å²) in [7, 11) is 0. The minimum atomic E-state index is -0.965. The molecule has 1 aliphatic heterocycles. The van der Waals surface area contributed by atoms with E-state index in [1.54, 1.807) is 12.1 Å². The van der Waals surface area contributed by atoms with E-state index >= 15 is 0 Å². The molecule has 0 radical (unpaired) electrons. The van der Waals surface area contributed by atoms with E-state index in [9.17, 15) is 9.59 Å². The predicted molar refractivity (Wildman–Crippen MR) is 93.2 cm³/mol. The van der Waals surface area contributed by atoms with E-state index in [0.29, 0.717) is 11.5 Å². The zero-order chi connectivity index (χ0) is 18.4. The quantitative estimate of drug-likeness (QED) is 0.729. The van der Waals surface area contributed by atoms with Gasteiger partial charge in [-0.1, -0.05) is 36.4 Å². The third kappa shape index (κ3) is 4.73. The zero-order valence-electron chi connectivity index (χ0n) is 14.1. The Kier molecular flexibility index (Phi) is 5.70. The molecule has 7 nitrogen and oxygen atoms in total. The smallest absolute Gasteiger partial charge is 0.308 e. The first-order chi connectivity index (χ1) is 12.6. The molecule has 3 N–H and O–H groups in total. The lowest BCUT2D eigenvalue weighted by Gasteiger charge is -2.12. The number of ether oxygens (including phenoxy) is 3. The number of carbonyl (C=O) groups is 2. The molecule has 1 heterocycles. The van der Waals surface area contributed by atoms with Gasteiger partial charge in [0.15, 0.2) is 11.5 Å². The maximum Gasteiger partial charge on any atom is 0.308 e. The largest absolute Gasteiger partial charge is 0.461 e. The predicted octanol–water partition coefficient (Wildman–Crippen LogP) is 1.49. The van der Waals surface area contributed by atoms with Crippen molar-refractivity contribution in [3.63, 3.8) is 0 Å². The molecule has 1 unspecified atom stereocenters. The van der Waals surface area contributed by atoms with Gasteiger partial charge in [0.25, 0.3) is 0 Å². The van der Waals surface area contributed by atoms with Crippen LogP contribution in [0.15, 0.2) is 48.5 Å². The number of benzene rings is 2. The minimum Gasteiger partial charge on any atom is -0.461 e. The van der Waals surface area contributed by atoms with Crippen LogP contribution in [-0.2, 0) is 27.5 Å².